The summed E-state index contributed by atoms with van der Waals surface area (Å²) in [6.07, 6.45) is 1.12. The van der Waals surface area contributed by atoms with E-state index in [0.717, 1.165) is 22.8 Å². The first-order valence-corrected chi connectivity index (χ1v) is 7.27. The number of hydrogen-bond acceptors (Lipinski definition) is 3. The van der Waals surface area contributed by atoms with E-state index in [1.54, 1.807) is 30.3 Å². The molecule has 4 heteroatoms. The molecule has 0 atom stereocenters. The summed E-state index contributed by atoms with van der Waals surface area (Å²) in [6.45, 7) is 5.79. The minimum atomic E-state index is -1.17. The number of anilines is 1. The van der Waals surface area contributed by atoms with Gasteiger partial charge in [-0.25, -0.2) is 4.79 Å². The van der Waals surface area contributed by atoms with Crippen molar-refractivity contribution in [2.45, 2.75) is 20.8 Å². The van der Waals surface area contributed by atoms with Crippen LogP contribution in [0.5, 0.6) is 0 Å². The van der Waals surface area contributed by atoms with E-state index in [9.17, 15) is 14.7 Å². The largest absolute Gasteiger partial charge is 0.477 e. The number of ketones is 1. The van der Waals surface area contributed by atoms with Gasteiger partial charge in [0.1, 0.15) is 5.70 Å². The van der Waals surface area contributed by atoms with Crippen molar-refractivity contribution in [3.05, 3.63) is 76.5 Å². The normalized spacial score (nSPS) is 11.2. The van der Waals surface area contributed by atoms with Crippen LogP contribution in [0.2, 0.25) is 0 Å². The first-order chi connectivity index (χ1) is 10.9. The summed E-state index contributed by atoms with van der Waals surface area (Å²) >= 11 is 0. The number of allylic oxidation sites excluding steroid dienone is 1. The van der Waals surface area contributed by atoms with Gasteiger partial charge in [0.25, 0.3) is 0 Å². The van der Waals surface area contributed by atoms with E-state index < -0.39 is 5.97 Å². The lowest BCUT2D eigenvalue weighted by molar-refractivity contribution is -0.132. The van der Waals surface area contributed by atoms with Crippen LogP contribution in [0.15, 0.2) is 54.2 Å². The van der Waals surface area contributed by atoms with E-state index in [4.69, 9.17) is 0 Å². The molecule has 0 radical (unpaired) electrons. The van der Waals surface area contributed by atoms with Gasteiger partial charge in [-0.1, -0.05) is 48.0 Å². The molecule has 2 N–H and O–H groups in total. The van der Waals surface area contributed by atoms with Gasteiger partial charge in [-0.2, -0.15) is 0 Å². The molecule has 0 amide bonds. The van der Waals surface area contributed by atoms with Crippen molar-refractivity contribution in [3.63, 3.8) is 0 Å². The topological polar surface area (TPSA) is 66.4 Å². The van der Waals surface area contributed by atoms with Crippen LogP contribution in [0.4, 0.5) is 5.69 Å². The second-order valence-electron chi connectivity index (χ2n) is 5.49. The lowest BCUT2D eigenvalue weighted by Crippen LogP contribution is -2.14. The molecule has 0 bridgehead atoms. The van der Waals surface area contributed by atoms with Gasteiger partial charge in [0.2, 0.25) is 0 Å². The zero-order valence-electron chi connectivity index (χ0n) is 13.4. The fourth-order valence-corrected chi connectivity index (χ4v) is 2.48. The summed E-state index contributed by atoms with van der Waals surface area (Å²) in [5, 5.41) is 12.3. The summed E-state index contributed by atoms with van der Waals surface area (Å²) < 4.78 is 0. The quantitative estimate of drug-likeness (QED) is 0.650. The summed E-state index contributed by atoms with van der Waals surface area (Å²) in [5.74, 6) is -1.52. The molecule has 0 unspecified atom stereocenters. The number of carboxylic acids is 1. The summed E-state index contributed by atoms with van der Waals surface area (Å²) in [5.41, 5.74) is 3.99. The Kier molecular flexibility index (Phi) is 4.96. The Morgan fingerprint density at radius 3 is 2.09 bits per heavy atom. The van der Waals surface area contributed by atoms with Crippen LogP contribution >= 0.6 is 0 Å². The summed E-state index contributed by atoms with van der Waals surface area (Å²) in [6, 6.07) is 12.5. The molecule has 0 spiro atoms. The Bertz CT molecular complexity index is 753. The van der Waals surface area contributed by atoms with Crippen LogP contribution in [0.1, 0.15) is 27.0 Å². The minimum absolute atomic E-state index is 0.145. The van der Waals surface area contributed by atoms with Crippen molar-refractivity contribution in [1.29, 1.82) is 0 Å². The lowest BCUT2D eigenvalue weighted by atomic mass is 10.0. The third-order valence-corrected chi connectivity index (χ3v) is 3.50. The van der Waals surface area contributed by atoms with E-state index >= 15 is 0 Å². The second kappa shape index (κ2) is 6.92. The maximum atomic E-state index is 12.2. The third-order valence-electron chi connectivity index (χ3n) is 3.50. The molecule has 118 valence electrons. The number of aryl methyl sites for hydroxylation is 3. The zero-order valence-corrected chi connectivity index (χ0v) is 13.4. The second-order valence-corrected chi connectivity index (χ2v) is 5.49. The molecule has 0 heterocycles. The predicted molar refractivity (Wildman–Crippen MR) is 90.8 cm³/mol. The molecule has 0 aromatic heterocycles. The van der Waals surface area contributed by atoms with Crippen LogP contribution in [0, 0.1) is 20.8 Å². The molecule has 2 aromatic carbocycles. The van der Waals surface area contributed by atoms with E-state index in [0.29, 0.717) is 11.3 Å². The highest BCUT2D eigenvalue weighted by Gasteiger charge is 2.14. The van der Waals surface area contributed by atoms with Crippen molar-refractivity contribution in [2.24, 2.45) is 0 Å². The fraction of sp³-hybridized carbons (Fsp3) is 0.158. The van der Waals surface area contributed by atoms with Crippen molar-refractivity contribution < 1.29 is 14.7 Å². The van der Waals surface area contributed by atoms with E-state index in [1.165, 1.54) is 0 Å². The Labute approximate surface area is 135 Å². The summed E-state index contributed by atoms with van der Waals surface area (Å²) in [4.78, 5) is 23.7. The highest BCUT2D eigenvalue weighted by Crippen LogP contribution is 2.23. The number of aliphatic carboxylic acids is 1. The first-order valence-electron chi connectivity index (χ1n) is 7.27. The Morgan fingerprint density at radius 1 is 1.00 bits per heavy atom. The molecule has 0 saturated carbocycles. The van der Waals surface area contributed by atoms with Crippen LogP contribution in [0.3, 0.4) is 0 Å². The minimum Gasteiger partial charge on any atom is -0.477 e. The van der Waals surface area contributed by atoms with Crippen LogP contribution in [0.25, 0.3) is 0 Å². The molecule has 0 fully saturated rings. The van der Waals surface area contributed by atoms with E-state index in [1.807, 2.05) is 32.9 Å². The van der Waals surface area contributed by atoms with Crippen molar-refractivity contribution in [3.8, 4) is 0 Å². The number of rotatable bonds is 5. The molecule has 0 aliphatic heterocycles. The molecular weight excluding hydrogens is 290 g/mol. The van der Waals surface area contributed by atoms with Gasteiger partial charge in [-0.05, 0) is 31.9 Å². The number of carbonyl (C=O) groups is 2. The van der Waals surface area contributed by atoms with Crippen LogP contribution in [-0.4, -0.2) is 16.9 Å². The van der Waals surface area contributed by atoms with E-state index in [-0.39, 0.29) is 11.5 Å². The number of nitrogens with one attached hydrogen (secondary N) is 1. The molecule has 2 aromatic rings. The number of carbonyl (C=O) groups excluding carboxylic acids is 1. The number of hydrogen-bond donors (Lipinski definition) is 2. The molecule has 4 nitrogen and oxygen atoms in total. The maximum Gasteiger partial charge on any atom is 0.352 e. The van der Waals surface area contributed by atoms with Gasteiger partial charge in [0.15, 0.2) is 5.78 Å². The standard InChI is InChI=1S/C19H19NO3/c1-12-9-13(2)18(14(3)10-12)20-16(19(22)23)11-17(21)15-7-5-4-6-8-15/h4-11,20H,1-3H3,(H,22,23). The highest BCUT2D eigenvalue weighted by molar-refractivity contribution is 6.09. The van der Waals surface area contributed by atoms with Gasteiger partial charge >= 0.3 is 5.97 Å². The molecule has 23 heavy (non-hydrogen) atoms. The Hall–Kier alpha value is -2.88. The Balaban J connectivity index is 2.35. The lowest BCUT2D eigenvalue weighted by Gasteiger charge is -2.14. The van der Waals surface area contributed by atoms with Crippen molar-refractivity contribution >= 4 is 17.4 Å². The molecule has 2 rings (SSSR count). The Morgan fingerprint density at radius 2 is 1.57 bits per heavy atom. The van der Waals surface area contributed by atoms with Gasteiger partial charge < -0.3 is 10.4 Å². The van der Waals surface area contributed by atoms with Gasteiger partial charge in [-0.3, -0.25) is 4.79 Å². The highest BCUT2D eigenvalue weighted by atomic mass is 16.4. The van der Waals surface area contributed by atoms with Gasteiger partial charge in [0.05, 0.1) is 0 Å². The number of carboxylic acid groups (broad SMARTS) is 1. The average molecular weight is 309 g/mol. The average Bonchev–Trinajstić information content (AvgIpc) is 2.50. The van der Waals surface area contributed by atoms with Crippen LogP contribution < -0.4 is 5.32 Å². The molecule has 0 saturated heterocycles. The monoisotopic (exact) mass is 309 g/mol. The van der Waals surface area contributed by atoms with Gasteiger partial charge in [-0.15, -0.1) is 0 Å². The SMILES string of the molecule is Cc1cc(C)c(NC(=CC(=O)c2ccccc2)C(=O)O)c(C)c1. The smallest absolute Gasteiger partial charge is 0.352 e. The van der Waals surface area contributed by atoms with Gasteiger partial charge in [0, 0.05) is 17.3 Å². The molecular formula is C19H19NO3. The van der Waals surface area contributed by atoms with E-state index in [2.05, 4.69) is 5.32 Å². The summed E-state index contributed by atoms with van der Waals surface area (Å²) in [7, 11) is 0. The fourth-order valence-electron chi connectivity index (χ4n) is 2.48. The number of benzene rings is 2. The van der Waals surface area contributed by atoms with Crippen molar-refractivity contribution in [2.75, 3.05) is 5.32 Å². The van der Waals surface area contributed by atoms with Crippen LogP contribution in [-0.2, 0) is 4.79 Å². The molecule has 0 aliphatic carbocycles. The zero-order chi connectivity index (χ0) is 17.0. The maximum absolute atomic E-state index is 12.2. The first kappa shape index (κ1) is 16.5. The third kappa shape index (κ3) is 4.07. The molecule has 0 aliphatic rings. The van der Waals surface area contributed by atoms with Crippen molar-refractivity contribution in [1.82, 2.24) is 0 Å². The predicted octanol–water partition coefficient (Wildman–Crippen LogP) is 3.88.